The Morgan fingerprint density at radius 1 is 1.24 bits per heavy atom. The largest absolute Gasteiger partial charge is 0.494 e. The van der Waals surface area contributed by atoms with Crippen LogP contribution >= 0.6 is 0 Å². The number of carbonyl (C=O) groups is 1. The first-order valence-electron chi connectivity index (χ1n) is 12.1. The number of hydrogen-bond donors (Lipinski definition) is 1. The predicted octanol–water partition coefficient (Wildman–Crippen LogP) is 4.16. The van der Waals surface area contributed by atoms with Crippen molar-refractivity contribution in [1.29, 1.82) is 0 Å². The number of nitrogens with zero attached hydrogens (tertiary/aromatic N) is 4. The average molecular weight is 462 g/mol. The Bertz CT molecular complexity index is 1390. The third kappa shape index (κ3) is 3.39. The molecule has 1 aliphatic carbocycles. The SMILES string of the molecule is COc1cc(C(=O)N2C[C@@H](N)CC[C@H]2C)cc2nc(-c3cc4ccoc4n3CC3CC3)n(C)c12. The number of hydrogen-bond acceptors (Lipinski definition) is 5. The molecule has 2 N–H and O–H groups in total. The zero-order valence-corrected chi connectivity index (χ0v) is 20.0. The number of imidazole rings is 1. The van der Waals surface area contributed by atoms with Gasteiger partial charge in [-0.15, -0.1) is 0 Å². The van der Waals surface area contributed by atoms with Crippen molar-refractivity contribution in [3.05, 3.63) is 36.1 Å². The van der Waals surface area contributed by atoms with Crippen LogP contribution in [-0.4, -0.2) is 50.7 Å². The lowest BCUT2D eigenvalue weighted by molar-refractivity contribution is 0.0612. The molecule has 8 nitrogen and oxygen atoms in total. The van der Waals surface area contributed by atoms with Crippen LogP contribution in [0.25, 0.3) is 33.7 Å². The molecular weight excluding hydrogens is 430 g/mol. The fourth-order valence-corrected chi connectivity index (χ4v) is 5.30. The van der Waals surface area contributed by atoms with E-state index in [0.717, 1.165) is 53.0 Å². The van der Waals surface area contributed by atoms with Gasteiger partial charge in [0.25, 0.3) is 5.91 Å². The van der Waals surface area contributed by atoms with Crippen LogP contribution < -0.4 is 10.5 Å². The number of carbonyl (C=O) groups excluding carboxylic acids is 1. The van der Waals surface area contributed by atoms with Gasteiger partial charge >= 0.3 is 0 Å². The standard InChI is InChI=1S/C26H31N5O3/c1-15-4-7-19(27)14-30(15)25(32)18-10-20-23(22(12-18)33-3)29(2)24(28-20)21-11-17-8-9-34-26(17)31(21)13-16-5-6-16/h8-12,15-16,19H,4-7,13-14,27H2,1-3H3/t15-,19+/m1/s1. The number of methoxy groups -OCH3 is 1. The van der Waals surface area contributed by atoms with Crippen LogP contribution in [0.15, 0.2) is 34.9 Å². The number of nitrogens with two attached hydrogens (primary N) is 1. The highest BCUT2D eigenvalue weighted by Gasteiger charge is 2.30. The lowest BCUT2D eigenvalue weighted by Gasteiger charge is -2.36. The van der Waals surface area contributed by atoms with Gasteiger partial charge in [-0.3, -0.25) is 4.79 Å². The molecule has 1 aromatic carbocycles. The number of aryl methyl sites for hydroxylation is 1. The van der Waals surface area contributed by atoms with E-state index in [2.05, 4.69) is 22.1 Å². The van der Waals surface area contributed by atoms with E-state index in [-0.39, 0.29) is 18.0 Å². The van der Waals surface area contributed by atoms with Gasteiger partial charge in [0.2, 0.25) is 5.71 Å². The van der Waals surface area contributed by atoms with Crippen molar-refractivity contribution in [2.75, 3.05) is 13.7 Å². The van der Waals surface area contributed by atoms with Gasteiger partial charge < -0.3 is 28.9 Å². The van der Waals surface area contributed by atoms with E-state index in [0.29, 0.717) is 23.8 Å². The normalized spacial score (nSPS) is 21.0. The van der Waals surface area contributed by atoms with E-state index >= 15 is 0 Å². The lowest BCUT2D eigenvalue weighted by atomic mass is 9.99. The molecule has 4 heterocycles. The second kappa shape index (κ2) is 7.91. The van der Waals surface area contributed by atoms with Gasteiger partial charge in [0.15, 0.2) is 5.82 Å². The zero-order chi connectivity index (χ0) is 23.6. The van der Waals surface area contributed by atoms with E-state index in [1.165, 1.54) is 12.8 Å². The van der Waals surface area contributed by atoms with Gasteiger partial charge in [-0.2, -0.15) is 0 Å². The van der Waals surface area contributed by atoms with Crippen molar-refractivity contribution in [2.45, 2.75) is 51.2 Å². The first kappa shape index (κ1) is 21.3. The Hall–Kier alpha value is -3.26. The van der Waals surface area contributed by atoms with Gasteiger partial charge in [-0.05, 0) is 62.8 Å². The van der Waals surface area contributed by atoms with Crippen molar-refractivity contribution in [1.82, 2.24) is 19.0 Å². The van der Waals surface area contributed by atoms with Gasteiger partial charge in [0.05, 0.1) is 24.6 Å². The number of piperidine rings is 1. The Kier molecular flexibility index (Phi) is 4.95. The van der Waals surface area contributed by atoms with Crippen molar-refractivity contribution >= 4 is 28.0 Å². The highest BCUT2D eigenvalue weighted by molar-refractivity contribution is 6.00. The number of likely N-dealkylation sites (tertiary alicyclic amines) is 1. The molecule has 2 fully saturated rings. The minimum atomic E-state index is -0.0234. The average Bonchev–Trinajstić information content (AvgIpc) is 3.28. The molecule has 34 heavy (non-hydrogen) atoms. The summed E-state index contributed by atoms with van der Waals surface area (Å²) in [4.78, 5) is 20.3. The summed E-state index contributed by atoms with van der Waals surface area (Å²) in [5.74, 6) is 2.13. The monoisotopic (exact) mass is 461 g/mol. The van der Waals surface area contributed by atoms with E-state index in [9.17, 15) is 4.79 Å². The topological polar surface area (TPSA) is 91.5 Å². The number of amides is 1. The third-order valence-corrected chi connectivity index (χ3v) is 7.45. The van der Waals surface area contributed by atoms with Gasteiger partial charge in [0.1, 0.15) is 11.3 Å². The molecule has 2 aliphatic rings. The molecular formula is C26H31N5O3. The summed E-state index contributed by atoms with van der Waals surface area (Å²) in [6.07, 6.45) is 6.10. The summed E-state index contributed by atoms with van der Waals surface area (Å²) in [5, 5.41) is 1.07. The minimum Gasteiger partial charge on any atom is -0.494 e. The van der Waals surface area contributed by atoms with Crippen LogP contribution in [0.2, 0.25) is 0 Å². The van der Waals surface area contributed by atoms with Crippen LogP contribution in [0.4, 0.5) is 0 Å². The van der Waals surface area contributed by atoms with Crippen LogP contribution in [-0.2, 0) is 13.6 Å². The maximum Gasteiger partial charge on any atom is 0.254 e. The van der Waals surface area contributed by atoms with Gasteiger partial charge in [-0.25, -0.2) is 4.98 Å². The number of benzene rings is 1. The molecule has 1 saturated carbocycles. The van der Waals surface area contributed by atoms with Crippen LogP contribution in [0.3, 0.4) is 0 Å². The summed E-state index contributed by atoms with van der Waals surface area (Å²) in [6.45, 7) is 3.58. The summed E-state index contributed by atoms with van der Waals surface area (Å²) in [6, 6.07) is 8.02. The van der Waals surface area contributed by atoms with Crippen LogP contribution in [0, 0.1) is 5.92 Å². The number of furan rings is 1. The Labute approximate surface area is 198 Å². The van der Waals surface area contributed by atoms with Crippen molar-refractivity contribution in [3.8, 4) is 17.3 Å². The van der Waals surface area contributed by atoms with Gasteiger partial charge in [0, 0.05) is 43.2 Å². The van der Waals surface area contributed by atoms with E-state index in [1.807, 2.05) is 30.1 Å². The highest BCUT2D eigenvalue weighted by atomic mass is 16.5. The summed E-state index contributed by atoms with van der Waals surface area (Å²) < 4.78 is 15.9. The summed E-state index contributed by atoms with van der Waals surface area (Å²) in [7, 11) is 3.63. The van der Waals surface area contributed by atoms with Crippen molar-refractivity contribution in [2.24, 2.45) is 18.7 Å². The minimum absolute atomic E-state index is 0.0182. The van der Waals surface area contributed by atoms with Crippen molar-refractivity contribution in [3.63, 3.8) is 0 Å². The molecule has 0 spiro atoms. The molecule has 4 aromatic rings. The first-order valence-corrected chi connectivity index (χ1v) is 12.1. The molecule has 1 amide bonds. The summed E-state index contributed by atoms with van der Waals surface area (Å²) >= 11 is 0. The van der Waals surface area contributed by atoms with E-state index < -0.39 is 0 Å². The number of fused-ring (bicyclic) bond motifs is 2. The number of rotatable bonds is 5. The van der Waals surface area contributed by atoms with E-state index in [1.54, 1.807) is 13.4 Å². The smallest absolute Gasteiger partial charge is 0.254 e. The molecule has 2 atom stereocenters. The fourth-order valence-electron chi connectivity index (χ4n) is 5.30. The molecule has 178 valence electrons. The fraction of sp³-hybridized carbons (Fsp3) is 0.462. The first-order chi connectivity index (χ1) is 16.4. The zero-order valence-electron chi connectivity index (χ0n) is 20.0. The highest BCUT2D eigenvalue weighted by Crippen LogP contribution is 2.38. The maximum absolute atomic E-state index is 13.5. The molecule has 0 radical (unpaired) electrons. The number of aromatic nitrogens is 3. The molecule has 1 aliphatic heterocycles. The Morgan fingerprint density at radius 2 is 2.06 bits per heavy atom. The third-order valence-electron chi connectivity index (χ3n) is 7.45. The summed E-state index contributed by atoms with van der Waals surface area (Å²) in [5.41, 5.74) is 10.3. The second-order valence-corrected chi connectivity index (χ2v) is 9.95. The predicted molar refractivity (Wildman–Crippen MR) is 131 cm³/mol. The molecule has 6 rings (SSSR count). The van der Waals surface area contributed by atoms with Crippen molar-refractivity contribution < 1.29 is 13.9 Å². The molecule has 0 unspecified atom stereocenters. The molecule has 0 bridgehead atoms. The molecule has 1 saturated heterocycles. The quantitative estimate of drug-likeness (QED) is 0.482. The molecule has 3 aromatic heterocycles. The van der Waals surface area contributed by atoms with Crippen LogP contribution in [0.1, 0.15) is 43.0 Å². The number of ether oxygens (including phenoxy) is 1. The van der Waals surface area contributed by atoms with Crippen LogP contribution in [0.5, 0.6) is 5.75 Å². The van der Waals surface area contributed by atoms with Gasteiger partial charge in [-0.1, -0.05) is 0 Å². The maximum atomic E-state index is 13.5. The van der Waals surface area contributed by atoms with E-state index in [4.69, 9.17) is 19.9 Å². The second-order valence-electron chi connectivity index (χ2n) is 9.95. The Balaban J connectivity index is 1.46. The Morgan fingerprint density at radius 3 is 2.82 bits per heavy atom. The lowest BCUT2D eigenvalue weighted by Crippen LogP contribution is -2.50. The molecule has 8 heteroatoms.